The monoisotopic (exact) mass is 453 g/mol. The van der Waals surface area contributed by atoms with Gasteiger partial charge in [-0.2, -0.15) is 0 Å². The van der Waals surface area contributed by atoms with E-state index in [0.29, 0.717) is 18.2 Å². The Kier molecular flexibility index (Phi) is 6.41. The summed E-state index contributed by atoms with van der Waals surface area (Å²) in [5, 5.41) is 2.13. The lowest BCUT2D eigenvalue weighted by atomic mass is 9.97. The van der Waals surface area contributed by atoms with Crippen LogP contribution in [0.2, 0.25) is 0 Å². The van der Waals surface area contributed by atoms with E-state index in [1.807, 2.05) is 35.2 Å². The van der Waals surface area contributed by atoms with Gasteiger partial charge < -0.3 is 9.64 Å². The summed E-state index contributed by atoms with van der Waals surface area (Å²) >= 11 is 3.37. The quantitative estimate of drug-likeness (QED) is 0.377. The standard InChI is InChI=1S/C24H27N3O2S2/c28-21(27-13-7-2-8-14-27)16-30-23-22-18-11-5-6-12-19(18)31-24(22)26-20(25-23)15-29-17-9-3-1-4-10-17/h1,3-4,9-10H,2,5-8,11-16H2. The maximum Gasteiger partial charge on any atom is 0.232 e. The molecule has 5 rings (SSSR count). The topological polar surface area (TPSA) is 55.3 Å². The van der Waals surface area contributed by atoms with E-state index in [1.54, 1.807) is 23.1 Å². The lowest BCUT2D eigenvalue weighted by Crippen LogP contribution is -2.36. The van der Waals surface area contributed by atoms with Crippen molar-refractivity contribution in [3.05, 3.63) is 46.6 Å². The number of nitrogens with zero attached hydrogens (tertiary/aromatic N) is 3. The number of piperidine rings is 1. The zero-order chi connectivity index (χ0) is 21.0. The molecule has 1 aromatic carbocycles. The molecule has 3 heterocycles. The third kappa shape index (κ3) is 4.72. The van der Waals surface area contributed by atoms with Crippen molar-refractivity contribution < 1.29 is 9.53 Å². The van der Waals surface area contributed by atoms with Crippen LogP contribution in [0, 0.1) is 0 Å². The van der Waals surface area contributed by atoms with Gasteiger partial charge in [0.15, 0.2) is 5.82 Å². The maximum absolute atomic E-state index is 12.8. The van der Waals surface area contributed by atoms with Gasteiger partial charge in [-0.15, -0.1) is 11.3 Å². The average Bonchev–Trinajstić information content (AvgIpc) is 3.21. The Morgan fingerprint density at radius 3 is 2.68 bits per heavy atom. The van der Waals surface area contributed by atoms with E-state index in [1.165, 1.54) is 35.1 Å². The normalized spacial score (nSPS) is 16.3. The molecule has 0 saturated carbocycles. The van der Waals surface area contributed by atoms with E-state index in [4.69, 9.17) is 14.7 Å². The fourth-order valence-corrected chi connectivity index (χ4v) is 6.69. The summed E-state index contributed by atoms with van der Waals surface area (Å²) < 4.78 is 5.91. The van der Waals surface area contributed by atoms with Gasteiger partial charge in [-0.05, 0) is 62.6 Å². The number of amides is 1. The van der Waals surface area contributed by atoms with Gasteiger partial charge >= 0.3 is 0 Å². The molecule has 162 valence electrons. The number of fused-ring (bicyclic) bond motifs is 3. The number of aryl methyl sites for hydroxylation is 2. The van der Waals surface area contributed by atoms with Crippen molar-refractivity contribution >= 4 is 39.2 Å². The van der Waals surface area contributed by atoms with Crippen LogP contribution in [0.3, 0.4) is 0 Å². The van der Waals surface area contributed by atoms with E-state index in [0.717, 1.165) is 54.4 Å². The third-order valence-corrected chi connectivity index (χ3v) is 8.13. The minimum Gasteiger partial charge on any atom is -0.486 e. The molecule has 1 saturated heterocycles. The Morgan fingerprint density at radius 1 is 1.03 bits per heavy atom. The fraction of sp³-hybridized carbons (Fsp3) is 0.458. The van der Waals surface area contributed by atoms with E-state index in [9.17, 15) is 4.79 Å². The molecule has 0 unspecified atom stereocenters. The first-order valence-corrected chi connectivity index (χ1v) is 13.0. The molecule has 1 aliphatic carbocycles. The van der Waals surface area contributed by atoms with Crippen molar-refractivity contribution in [2.24, 2.45) is 0 Å². The highest BCUT2D eigenvalue weighted by molar-refractivity contribution is 8.00. The summed E-state index contributed by atoms with van der Waals surface area (Å²) in [6.07, 6.45) is 8.15. The maximum atomic E-state index is 12.8. The van der Waals surface area contributed by atoms with Crippen molar-refractivity contribution in [2.75, 3.05) is 18.8 Å². The van der Waals surface area contributed by atoms with Crippen LogP contribution in [0.25, 0.3) is 10.2 Å². The smallest absolute Gasteiger partial charge is 0.232 e. The second kappa shape index (κ2) is 9.57. The lowest BCUT2D eigenvalue weighted by molar-refractivity contribution is -0.129. The predicted octanol–water partition coefficient (Wildman–Crippen LogP) is 5.25. The molecule has 0 N–H and O–H groups in total. The molecule has 31 heavy (non-hydrogen) atoms. The number of hydrogen-bond acceptors (Lipinski definition) is 6. The Hall–Kier alpha value is -2.12. The van der Waals surface area contributed by atoms with Gasteiger partial charge in [0, 0.05) is 23.4 Å². The molecule has 5 nitrogen and oxygen atoms in total. The molecule has 2 aliphatic rings. The zero-order valence-electron chi connectivity index (χ0n) is 17.6. The molecule has 3 aromatic rings. The zero-order valence-corrected chi connectivity index (χ0v) is 19.3. The molecule has 1 amide bonds. The molecule has 0 spiro atoms. The molecule has 7 heteroatoms. The summed E-state index contributed by atoms with van der Waals surface area (Å²) in [5.74, 6) is 2.16. The van der Waals surface area contributed by atoms with Gasteiger partial charge in [0.05, 0.1) is 5.75 Å². The molecular formula is C24H27N3O2S2. The minimum atomic E-state index is 0.225. The number of ether oxygens (including phenoxy) is 1. The van der Waals surface area contributed by atoms with Crippen LogP contribution in [-0.2, 0) is 24.2 Å². The molecule has 0 atom stereocenters. The summed E-state index contributed by atoms with van der Waals surface area (Å²) in [6, 6.07) is 9.77. The third-order valence-electron chi connectivity index (χ3n) is 5.98. The second-order valence-corrected chi connectivity index (χ2v) is 10.2. The highest BCUT2D eigenvalue weighted by Gasteiger charge is 2.23. The van der Waals surface area contributed by atoms with Crippen molar-refractivity contribution in [3.8, 4) is 5.75 Å². The average molecular weight is 454 g/mol. The molecule has 1 fully saturated rings. The van der Waals surface area contributed by atoms with Crippen molar-refractivity contribution in [3.63, 3.8) is 0 Å². The number of thioether (sulfide) groups is 1. The SMILES string of the molecule is O=C(CSc1nc(COc2ccccc2)nc2sc3c(c12)CCCC3)N1CCCCC1. The summed E-state index contributed by atoms with van der Waals surface area (Å²) in [5.41, 5.74) is 1.41. The van der Waals surface area contributed by atoms with E-state index in [-0.39, 0.29) is 5.91 Å². The Bertz CT molecular complexity index is 1060. The first-order chi connectivity index (χ1) is 15.3. The molecule has 2 aromatic heterocycles. The number of rotatable bonds is 6. The van der Waals surface area contributed by atoms with Gasteiger partial charge in [-0.1, -0.05) is 30.0 Å². The van der Waals surface area contributed by atoms with Crippen LogP contribution in [0.15, 0.2) is 35.4 Å². The number of carbonyl (C=O) groups excluding carboxylic acids is 1. The van der Waals surface area contributed by atoms with Gasteiger partial charge in [-0.3, -0.25) is 4.79 Å². The molecule has 0 radical (unpaired) electrons. The Labute approximate surface area is 191 Å². The highest BCUT2D eigenvalue weighted by atomic mass is 32.2. The Morgan fingerprint density at radius 2 is 1.84 bits per heavy atom. The predicted molar refractivity (Wildman–Crippen MR) is 126 cm³/mol. The number of likely N-dealkylation sites (tertiary alicyclic amines) is 1. The summed E-state index contributed by atoms with van der Waals surface area (Å²) in [6.45, 7) is 2.11. The van der Waals surface area contributed by atoms with Crippen LogP contribution in [0.5, 0.6) is 5.75 Å². The first-order valence-electron chi connectivity index (χ1n) is 11.2. The van der Waals surface area contributed by atoms with Crippen LogP contribution >= 0.6 is 23.1 Å². The number of benzene rings is 1. The van der Waals surface area contributed by atoms with Crippen LogP contribution < -0.4 is 4.74 Å². The number of aromatic nitrogens is 2. The van der Waals surface area contributed by atoms with Crippen LogP contribution in [0.4, 0.5) is 0 Å². The van der Waals surface area contributed by atoms with Gasteiger partial charge in [0.1, 0.15) is 22.2 Å². The summed E-state index contributed by atoms with van der Waals surface area (Å²) in [4.78, 5) is 27.0. The first kappa shape index (κ1) is 20.8. The number of hydrogen-bond donors (Lipinski definition) is 0. The summed E-state index contributed by atoms with van der Waals surface area (Å²) in [7, 11) is 0. The lowest BCUT2D eigenvalue weighted by Gasteiger charge is -2.26. The number of carbonyl (C=O) groups is 1. The van der Waals surface area contributed by atoms with Crippen molar-refractivity contribution in [1.82, 2.24) is 14.9 Å². The van der Waals surface area contributed by atoms with E-state index in [2.05, 4.69) is 0 Å². The van der Waals surface area contributed by atoms with E-state index >= 15 is 0 Å². The van der Waals surface area contributed by atoms with Crippen LogP contribution in [0.1, 0.15) is 48.4 Å². The molecular weight excluding hydrogens is 426 g/mol. The number of thiophene rings is 1. The molecule has 1 aliphatic heterocycles. The Balaban J connectivity index is 1.40. The van der Waals surface area contributed by atoms with Gasteiger partial charge in [0.2, 0.25) is 5.91 Å². The fourth-order valence-electron chi connectivity index (χ4n) is 4.36. The minimum absolute atomic E-state index is 0.225. The van der Waals surface area contributed by atoms with Crippen LogP contribution in [-0.4, -0.2) is 39.6 Å². The van der Waals surface area contributed by atoms with Crippen molar-refractivity contribution in [1.29, 1.82) is 0 Å². The highest BCUT2D eigenvalue weighted by Crippen LogP contribution is 2.39. The van der Waals surface area contributed by atoms with E-state index < -0.39 is 0 Å². The van der Waals surface area contributed by atoms with Gasteiger partial charge in [0.25, 0.3) is 0 Å². The number of para-hydroxylation sites is 1. The second-order valence-electron chi connectivity index (χ2n) is 8.17. The van der Waals surface area contributed by atoms with Gasteiger partial charge in [-0.25, -0.2) is 9.97 Å². The van der Waals surface area contributed by atoms with Crippen molar-refractivity contribution in [2.45, 2.75) is 56.6 Å². The largest absolute Gasteiger partial charge is 0.486 e. The molecule has 0 bridgehead atoms.